The third-order valence-electron chi connectivity index (χ3n) is 6.93. The minimum atomic E-state index is -5.08. The Morgan fingerprint density at radius 2 is 1.79 bits per heavy atom. The van der Waals surface area contributed by atoms with Crippen LogP contribution in [0.15, 0.2) is 53.8 Å². The molecule has 2 heterocycles. The van der Waals surface area contributed by atoms with Crippen LogP contribution in [0.2, 0.25) is 0 Å². The summed E-state index contributed by atoms with van der Waals surface area (Å²) in [5.74, 6) is -2.48. The van der Waals surface area contributed by atoms with E-state index in [9.17, 15) is 26.7 Å². The van der Waals surface area contributed by atoms with Crippen LogP contribution in [0.5, 0.6) is 0 Å². The summed E-state index contributed by atoms with van der Waals surface area (Å²) < 4.78 is 61.1. The summed E-state index contributed by atoms with van der Waals surface area (Å²) >= 11 is 0. The van der Waals surface area contributed by atoms with Crippen molar-refractivity contribution in [2.75, 3.05) is 5.73 Å². The lowest BCUT2D eigenvalue weighted by Crippen LogP contribution is -2.44. The molecule has 10 nitrogen and oxygen atoms in total. The minimum absolute atomic E-state index is 0.163. The van der Waals surface area contributed by atoms with Crippen LogP contribution in [0.3, 0.4) is 0 Å². The van der Waals surface area contributed by atoms with Crippen molar-refractivity contribution < 1.29 is 36.6 Å². The first-order chi connectivity index (χ1) is 18.1. The average Bonchev–Trinajstić information content (AvgIpc) is 3.37. The van der Waals surface area contributed by atoms with Gasteiger partial charge >= 0.3 is 12.1 Å². The van der Waals surface area contributed by atoms with E-state index in [0.29, 0.717) is 49.1 Å². The number of benzene rings is 1. The van der Waals surface area contributed by atoms with E-state index in [-0.39, 0.29) is 10.7 Å². The summed E-state index contributed by atoms with van der Waals surface area (Å²) in [4.78, 5) is 22.1. The van der Waals surface area contributed by atoms with Crippen molar-refractivity contribution in [2.45, 2.75) is 61.2 Å². The molecule has 2 aromatic heterocycles. The molecule has 0 spiro atoms. The van der Waals surface area contributed by atoms with Gasteiger partial charge < -0.3 is 15.9 Å². The number of nitrogens with one attached hydrogen (secondary N) is 1. The number of carbonyl (C=O) groups is 1. The highest BCUT2D eigenvalue weighted by atomic mass is 32.2. The maximum absolute atomic E-state index is 13.3. The van der Waals surface area contributed by atoms with Crippen LogP contribution in [0.4, 0.5) is 19.0 Å². The number of halogens is 3. The summed E-state index contributed by atoms with van der Waals surface area (Å²) in [5, 5.41) is 17.6. The number of aromatic nitrogens is 3. The summed E-state index contributed by atoms with van der Waals surface area (Å²) in [6.45, 7) is 1.90. The molecule has 14 heteroatoms. The van der Waals surface area contributed by atoms with E-state index >= 15 is 0 Å². The van der Waals surface area contributed by atoms with E-state index in [1.165, 1.54) is 0 Å². The number of sulfonamides is 1. The van der Waals surface area contributed by atoms with E-state index in [1.807, 2.05) is 13.0 Å². The molecule has 2 saturated carbocycles. The average molecular weight is 566 g/mol. The molecule has 0 aliphatic heterocycles. The predicted octanol–water partition coefficient (Wildman–Crippen LogP) is 3.46. The number of rotatable bonds is 5. The van der Waals surface area contributed by atoms with Gasteiger partial charge in [-0.1, -0.05) is 6.07 Å². The number of alkyl halides is 3. The fourth-order valence-electron chi connectivity index (χ4n) is 4.95. The molecular formula is C25H26F3N5O5S. The van der Waals surface area contributed by atoms with Gasteiger partial charge in [0.05, 0.1) is 22.4 Å². The molecular weight excluding hydrogens is 539 g/mol. The molecule has 0 unspecified atom stereocenters. The lowest BCUT2D eigenvalue weighted by molar-refractivity contribution is -0.192. The quantitative estimate of drug-likeness (QED) is 0.362. The van der Waals surface area contributed by atoms with Crippen LogP contribution in [-0.2, 0) is 14.8 Å². The Hall–Kier alpha value is -3.62. The molecule has 208 valence electrons. The fourth-order valence-corrected chi connectivity index (χ4v) is 6.43. The van der Waals surface area contributed by atoms with Crippen LogP contribution in [-0.4, -0.2) is 56.9 Å². The largest absolute Gasteiger partial charge is 0.490 e. The molecule has 0 amide bonds. The molecule has 2 aliphatic carbocycles. The van der Waals surface area contributed by atoms with Crippen molar-refractivity contribution in [2.24, 2.45) is 0 Å². The van der Waals surface area contributed by atoms with Crippen molar-refractivity contribution >= 4 is 21.8 Å². The van der Waals surface area contributed by atoms with Gasteiger partial charge in [0.25, 0.3) is 0 Å². The maximum atomic E-state index is 13.3. The minimum Gasteiger partial charge on any atom is -0.475 e. The highest BCUT2D eigenvalue weighted by Gasteiger charge is 2.55. The van der Waals surface area contributed by atoms with Crippen molar-refractivity contribution in [1.82, 2.24) is 19.7 Å². The Kier molecular flexibility index (Phi) is 7.40. The molecule has 39 heavy (non-hydrogen) atoms. The molecule has 3 aromatic rings. The first-order valence-corrected chi connectivity index (χ1v) is 13.3. The van der Waals surface area contributed by atoms with Gasteiger partial charge in [-0.05, 0) is 68.9 Å². The summed E-state index contributed by atoms with van der Waals surface area (Å²) in [6, 6.07) is 8.62. The number of fused-ring (bicyclic) bond motifs is 2. The first-order valence-electron chi connectivity index (χ1n) is 11.8. The number of nitrogen functional groups attached to an aromatic ring is 1. The number of nitrogens with two attached hydrogens (primary N) is 1. The zero-order chi connectivity index (χ0) is 28.6. The number of aryl methyl sites for hydroxylation is 1. The number of aliphatic hydroxyl groups is 1. The van der Waals surface area contributed by atoms with E-state index < -0.39 is 33.3 Å². The van der Waals surface area contributed by atoms with E-state index in [0.717, 1.165) is 11.1 Å². The van der Waals surface area contributed by atoms with Gasteiger partial charge in [-0.25, -0.2) is 27.9 Å². The lowest BCUT2D eigenvalue weighted by atomic mass is 9.94. The van der Waals surface area contributed by atoms with E-state index in [4.69, 9.17) is 15.6 Å². The van der Waals surface area contributed by atoms with Crippen LogP contribution in [0, 0.1) is 6.92 Å². The van der Waals surface area contributed by atoms with Gasteiger partial charge in [0, 0.05) is 29.1 Å². The van der Waals surface area contributed by atoms with Gasteiger partial charge in [0.1, 0.15) is 11.5 Å². The number of aliphatic carboxylic acids is 1. The zero-order valence-corrected chi connectivity index (χ0v) is 21.6. The number of hydrogen-bond acceptors (Lipinski definition) is 8. The molecule has 0 atom stereocenters. The second-order valence-electron chi connectivity index (χ2n) is 9.80. The van der Waals surface area contributed by atoms with Gasteiger partial charge in [-0.3, -0.25) is 4.98 Å². The Morgan fingerprint density at radius 1 is 1.13 bits per heavy atom. The van der Waals surface area contributed by atoms with Crippen molar-refractivity contribution in [3.05, 3.63) is 54.5 Å². The smallest absolute Gasteiger partial charge is 0.475 e. The molecule has 2 fully saturated rings. The molecule has 5 N–H and O–H groups in total. The molecule has 0 radical (unpaired) electrons. The molecule has 2 aliphatic rings. The van der Waals surface area contributed by atoms with Gasteiger partial charge in [0.15, 0.2) is 0 Å². The predicted molar refractivity (Wildman–Crippen MR) is 135 cm³/mol. The Morgan fingerprint density at radius 3 is 2.33 bits per heavy atom. The zero-order valence-electron chi connectivity index (χ0n) is 20.7. The number of anilines is 1. The van der Waals surface area contributed by atoms with Crippen LogP contribution in [0.1, 0.15) is 37.7 Å². The Bertz CT molecular complexity index is 1490. The SMILES string of the molecule is Cc1ccc(S(=O)(=O)NC23CCC(O)(CC2)C3)cc1-c1cnc(N)c(-c2cccnc2)n1.O=C(O)C(F)(F)F. The molecule has 2 bridgehead atoms. The number of carboxylic acids is 1. The third kappa shape index (κ3) is 6.18. The number of hydrogen-bond donors (Lipinski definition) is 4. The summed E-state index contributed by atoms with van der Waals surface area (Å²) in [7, 11) is -3.78. The second kappa shape index (κ2) is 10.2. The van der Waals surface area contributed by atoms with Gasteiger partial charge in [-0.15, -0.1) is 0 Å². The lowest BCUT2D eigenvalue weighted by Gasteiger charge is -2.27. The number of carboxylic acid groups (broad SMARTS) is 1. The van der Waals surface area contributed by atoms with Crippen molar-refractivity contribution in [3.63, 3.8) is 0 Å². The van der Waals surface area contributed by atoms with Gasteiger partial charge in [0.2, 0.25) is 10.0 Å². The topological polar surface area (TPSA) is 168 Å². The summed E-state index contributed by atoms with van der Waals surface area (Å²) in [5.41, 5.74) is 8.04. The van der Waals surface area contributed by atoms with E-state index in [1.54, 1.807) is 42.9 Å². The number of pyridine rings is 1. The van der Waals surface area contributed by atoms with Crippen molar-refractivity contribution in [1.29, 1.82) is 0 Å². The standard InChI is InChI=1S/C23H25N5O3S.C2HF3O2/c1-15-4-5-17(32(30,31)28-22-6-8-23(29,14-22)9-7-22)11-18(15)19-13-26-21(24)20(27-19)16-3-2-10-25-12-16;3-2(4,5)1(6)7/h2-5,10-13,28-29H,6-9,14H2,1H3,(H2,24,26);(H,6,7). The van der Waals surface area contributed by atoms with E-state index in [2.05, 4.69) is 19.7 Å². The first kappa shape index (κ1) is 28.4. The molecule has 1 aromatic carbocycles. The Labute approximate surface area is 222 Å². The van der Waals surface area contributed by atoms with Crippen LogP contribution in [0.25, 0.3) is 22.5 Å². The second-order valence-corrected chi connectivity index (χ2v) is 11.5. The monoisotopic (exact) mass is 565 g/mol. The van der Waals surface area contributed by atoms with Crippen molar-refractivity contribution in [3.8, 4) is 22.5 Å². The fraction of sp³-hybridized carbons (Fsp3) is 0.360. The number of nitrogens with zero attached hydrogens (tertiary/aromatic N) is 3. The third-order valence-corrected chi connectivity index (χ3v) is 8.51. The maximum Gasteiger partial charge on any atom is 0.490 e. The molecule has 0 saturated heterocycles. The molecule has 5 rings (SSSR count). The highest BCUT2D eigenvalue weighted by Crippen LogP contribution is 2.51. The normalized spacial score (nSPS) is 22.3. The van der Waals surface area contributed by atoms with Crippen LogP contribution < -0.4 is 10.5 Å². The van der Waals surface area contributed by atoms with Gasteiger partial charge in [-0.2, -0.15) is 13.2 Å². The highest BCUT2D eigenvalue weighted by molar-refractivity contribution is 7.89. The Balaban J connectivity index is 0.000000448. The summed E-state index contributed by atoms with van der Waals surface area (Å²) in [6.07, 6.45) is 2.82. The van der Waals surface area contributed by atoms with Crippen LogP contribution >= 0.6 is 0 Å².